The Labute approximate surface area is 105 Å². The van der Waals surface area contributed by atoms with Crippen LogP contribution >= 0.6 is 0 Å². The van der Waals surface area contributed by atoms with E-state index in [2.05, 4.69) is 5.92 Å². The molecule has 0 N–H and O–H groups in total. The van der Waals surface area contributed by atoms with Gasteiger partial charge in [-0.1, -0.05) is 24.1 Å². The second-order valence-electron chi connectivity index (χ2n) is 3.50. The van der Waals surface area contributed by atoms with Gasteiger partial charge in [0, 0.05) is 6.07 Å². The van der Waals surface area contributed by atoms with Gasteiger partial charge in [0.25, 0.3) is 0 Å². The zero-order valence-corrected chi connectivity index (χ0v) is 9.60. The number of halogens is 1. The Kier molecular flexibility index (Phi) is 3.83. The predicted octanol–water partition coefficient (Wildman–Crippen LogP) is 3.63. The van der Waals surface area contributed by atoms with E-state index in [0.717, 1.165) is 0 Å². The summed E-state index contributed by atoms with van der Waals surface area (Å²) >= 11 is 0. The third-order valence-electron chi connectivity index (χ3n) is 2.20. The Morgan fingerprint density at radius 3 is 2.56 bits per heavy atom. The van der Waals surface area contributed by atoms with Crippen LogP contribution in [0.4, 0.5) is 4.39 Å². The molecule has 0 radical (unpaired) electrons. The Morgan fingerprint density at radius 1 is 1.06 bits per heavy atom. The molecule has 18 heavy (non-hydrogen) atoms. The van der Waals surface area contributed by atoms with E-state index in [0.29, 0.717) is 11.5 Å². The van der Waals surface area contributed by atoms with Crippen LogP contribution in [0.2, 0.25) is 0 Å². The molecule has 0 aliphatic heterocycles. The van der Waals surface area contributed by atoms with E-state index >= 15 is 0 Å². The van der Waals surface area contributed by atoms with Gasteiger partial charge in [0.05, 0.1) is 0 Å². The highest BCUT2D eigenvalue weighted by molar-refractivity contribution is 5.38. The lowest BCUT2D eigenvalue weighted by atomic mass is 10.3. The lowest BCUT2D eigenvalue weighted by Gasteiger charge is -2.08. The lowest BCUT2D eigenvalue weighted by Crippen LogP contribution is -1.95. The Hall–Kier alpha value is -2.47. The predicted molar refractivity (Wildman–Crippen MR) is 67.2 cm³/mol. The van der Waals surface area contributed by atoms with Gasteiger partial charge in [-0.15, -0.1) is 6.42 Å². The highest BCUT2D eigenvalue weighted by Crippen LogP contribution is 2.28. The molecule has 2 aromatic carbocycles. The summed E-state index contributed by atoms with van der Waals surface area (Å²) in [6, 6.07) is 13.2. The number of terminal acetylenes is 1. The van der Waals surface area contributed by atoms with E-state index in [1.165, 1.54) is 18.2 Å². The average Bonchev–Trinajstić information content (AvgIpc) is 2.41. The fraction of sp³-hybridized carbons (Fsp3) is 0.0667. The van der Waals surface area contributed by atoms with Crippen molar-refractivity contribution in [3.05, 3.63) is 54.3 Å². The highest BCUT2D eigenvalue weighted by atomic mass is 19.1. The molecule has 0 heterocycles. The molecule has 3 heteroatoms. The fourth-order valence-corrected chi connectivity index (χ4v) is 1.39. The first-order valence-electron chi connectivity index (χ1n) is 5.38. The summed E-state index contributed by atoms with van der Waals surface area (Å²) in [6.45, 7) is 0.135. The standard InChI is InChI=1S/C15H11FO2/c1-2-10-17-13-8-9-14(16)15(11-13)18-12-6-4-3-5-7-12/h1,3-9,11H,10H2. The molecular formula is C15H11FO2. The molecule has 2 aromatic rings. The van der Waals surface area contributed by atoms with Crippen molar-refractivity contribution in [2.45, 2.75) is 0 Å². The normalized spacial score (nSPS) is 9.56. The molecule has 0 unspecified atom stereocenters. The second-order valence-corrected chi connectivity index (χ2v) is 3.50. The van der Waals surface area contributed by atoms with Gasteiger partial charge >= 0.3 is 0 Å². The number of para-hydroxylation sites is 1. The van der Waals surface area contributed by atoms with Crippen LogP contribution in [0, 0.1) is 18.2 Å². The fourth-order valence-electron chi connectivity index (χ4n) is 1.39. The van der Waals surface area contributed by atoms with E-state index < -0.39 is 5.82 Å². The smallest absolute Gasteiger partial charge is 0.166 e. The summed E-state index contributed by atoms with van der Waals surface area (Å²) in [5.74, 6) is 3.03. The van der Waals surface area contributed by atoms with Gasteiger partial charge in [0.15, 0.2) is 11.6 Å². The summed E-state index contributed by atoms with van der Waals surface area (Å²) in [5.41, 5.74) is 0. The molecule has 2 rings (SSSR count). The van der Waals surface area contributed by atoms with E-state index in [9.17, 15) is 4.39 Å². The third kappa shape index (κ3) is 3.02. The molecule has 0 atom stereocenters. The molecule has 0 aliphatic carbocycles. The SMILES string of the molecule is C#CCOc1ccc(F)c(Oc2ccccc2)c1. The van der Waals surface area contributed by atoms with Crippen molar-refractivity contribution >= 4 is 0 Å². The van der Waals surface area contributed by atoms with Crippen LogP contribution in [0.1, 0.15) is 0 Å². The first-order valence-corrected chi connectivity index (χ1v) is 5.38. The van der Waals surface area contributed by atoms with Crippen LogP contribution in [0.25, 0.3) is 0 Å². The summed E-state index contributed by atoms with van der Waals surface area (Å²) in [7, 11) is 0. The zero-order valence-electron chi connectivity index (χ0n) is 9.60. The zero-order chi connectivity index (χ0) is 12.8. The monoisotopic (exact) mass is 242 g/mol. The van der Waals surface area contributed by atoms with Gasteiger partial charge in [-0.2, -0.15) is 0 Å². The maximum Gasteiger partial charge on any atom is 0.166 e. The molecular weight excluding hydrogens is 231 g/mol. The molecule has 0 saturated carbocycles. The van der Waals surface area contributed by atoms with Crippen LogP contribution < -0.4 is 9.47 Å². The minimum Gasteiger partial charge on any atom is -0.481 e. The first-order chi connectivity index (χ1) is 8.79. The molecule has 0 saturated heterocycles. The number of hydrogen-bond donors (Lipinski definition) is 0. The Balaban J connectivity index is 2.19. The van der Waals surface area contributed by atoms with E-state index in [1.807, 2.05) is 18.2 Å². The van der Waals surface area contributed by atoms with E-state index in [4.69, 9.17) is 15.9 Å². The van der Waals surface area contributed by atoms with E-state index in [1.54, 1.807) is 12.1 Å². The molecule has 0 aliphatic rings. The average molecular weight is 242 g/mol. The minimum atomic E-state index is -0.452. The summed E-state index contributed by atoms with van der Waals surface area (Å²) in [4.78, 5) is 0. The van der Waals surface area contributed by atoms with Gasteiger partial charge in [0.2, 0.25) is 0 Å². The second kappa shape index (κ2) is 5.74. The van der Waals surface area contributed by atoms with Crippen molar-refractivity contribution in [3.8, 4) is 29.6 Å². The number of hydrogen-bond acceptors (Lipinski definition) is 2. The Bertz CT molecular complexity index is 558. The molecule has 0 aromatic heterocycles. The van der Waals surface area contributed by atoms with Gasteiger partial charge in [-0.25, -0.2) is 4.39 Å². The van der Waals surface area contributed by atoms with Crippen LogP contribution in [0.15, 0.2) is 48.5 Å². The highest BCUT2D eigenvalue weighted by Gasteiger charge is 2.06. The number of rotatable bonds is 4. The third-order valence-corrected chi connectivity index (χ3v) is 2.20. The molecule has 0 bridgehead atoms. The van der Waals surface area contributed by atoms with Crippen LogP contribution in [0.3, 0.4) is 0 Å². The minimum absolute atomic E-state index is 0.107. The summed E-state index contributed by atoms with van der Waals surface area (Å²) < 4.78 is 24.2. The molecule has 0 amide bonds. The molecule has 2 nitrogen and oxygen atoms in total. The van der Waals surface area contributed by atoms with Crippen molar-refractivity contribution in [1.29, 1.82) is 0 Å². The van der Waals surface area contributed by atoms with Crippen molar-refractivity contribution in [2.75, 3.05) is 6.61 Å². The maximum absolute atomic E-state index is 13.6. The van der Waals surface area contributed by atoms with Gasteiger partial charge in [0.1, 0.15) is 18.1 Å². The first kappa shape index (κ1) is 12.0. The molecule has 0 fully saturated rings. The van der Waals surface area contributed by atoms with Crippen molar-refractivity contribution < 1.29 is 13.9 Å². The number of benzene rings is 2. The quantitative estimate of drug-likeness (QED) is 0.762. The summed E-state index contributed by atoms with van der Waals surface area (Å²) in [5, 5.41) is 0. The van der Waals surface area contributed by atoms with Crippen molar-refractivity contribution in [2.24, 2.45) is 0 Å². The van der Waals surface area contributed by atoms with Crippen LogP contribution in [0.5, 0.6) is 17.2 Å². The Morgan fingerprint density at radius 2 is 1.83 bits per heavy atom. The largest absolute Gasteiger partial charge is 0.481 e. The lowest BCUT2D eigenvalue weighted by molar-refractivity contribution is 0.364. The van der Waals surface area contributed by atoms with Gasteiger partial charge in [-0.05, 0) is 24.3 Å². The van der Waals surface area contributed by atoms with Crippen molar-refractivity contribution in [3.63, 3.8) is 0 Å². The topological polar surface area (TPSA) is 18.5 Å². The van der Waals surface area contributed by atoms with Crippen molar-refractivity contribution in [1.82, 2.24) is 0 Å². The van der Waals surface area contributed by atoms with Crippen LogP contribution in [-0.2, 0) is 0 Å². The molecule has 90 valence electrons. The van der Waals surface area contributed by atoms with E-state index in [-0.39, 0.29) is 12.4 Å². The van der Waals surface area contributed by atoms with Gasteiger partial charge in [-0.3, -0.25) is 0 Å². The summed E-state index contributed by atoms with van der Waals surface area (Å²) in [6.07, 6.45) is 5.09. The number of ether oxygens (including phenoxy) is 2. The maximum atomic E-state index is 13.6. The van der Waals surface area contributed by atoms with Gasteiger partial charge < -0.3 is 9.47 Å². The molecule has 0 spiro atoms. The van der Waals surface area contributed by atoms with Crippen LogP contribution in [-0.4, -0.2) is 6.61 Å².